The van der Waals surface area contributed by atoms with Crippen molar-refractivity contribution in [1.29, 1.82) is 0 Å². The van der Waals surface area contributed by atoms with Gasteiger partial charge in [0.25, 0.3) is 5.91 Å². The minimum Gasteiger partial charge on any atom is -0.354 e. The molecule has 2 heterocycles. The van der Waals surface area contributed by atoms with E-state index >= 15 is 0 Å². The van der Waals surface area contributed by atoms with E-state index in [9.17, 15) is 18.0 Å². The molecule has 0 atom stereocenters. The summed E-state index contributed by atoms with van der Waals surface area (Å²) in [6.07, 6.45) is 0.868. The molecule has 2 fully saturated rings. The zero-order valence-electron chi connectivity index (χ0n) is 13.9. The van der Waals surface area contributed by atoms with Crippen LogP contribution in [0.1, 0.15) is 16.8 Å². The number of benzene rings is 1. The summed E-state index contributed by atoms with van der Waals surface area (Å²) in [7, 11) is -3.80. The number of rotatable bonds is 3. The number of piperazine rings is 1. The SMILES string of the molecule is O=C1CN(S(=O)(=O)c2cccc(C(=O)N3CCCNCC3)c2)CCN1. The van der Waals surface area contributed by atoms with Gasteiger partial charge < -0.3 is 15.5 Å². The Morgan fingerprint density at radius 2 is 1.92 bits per heavy atom. The molecule has 1 aromatic rings. The molecule has 0 bridgehead atoms. The second kappa shape index (κ2) is 7.51. The summed E-state index contributed by atoms with van der Waals surface area (Å²) < 4.78 is 26.6. The third-order valence-electron chi connectivity index (χ3n) is 4.35. The average Bonchev–Trinajstić information content (AvgIpc) is 2.90. The number of amides is 2. The van der Waals surface area contributed by atoms with Gasteiger partial charge in [-0.25, -0.2) is 8.42 Å². The lowest BCUT2D eigenvalue weighted by Gasteiger charge is -2.26. The van der Waals surface area contributed by atoms with Crippen LogP contribution in [0.2, 0.25) is 0 Å². The lowest BCUT2D eigenvalue weighted by Crippen LogP contribution is -2.49. The quantitative estimate of drug-likeness (QED) is 0.733. The standard InChI is InChI=1S/C16H22N4O4S/c21-15-12-20(10-7-18-15)25(23,24)14-4-1-3-13(11-14)16(22)19-8-2-5-17-6-9-19/h1,3-4,11,17H,2,5-10,12H2,(H,18,21). The van der Waals surface area contributed by atoms with E-state index in [2.05, 4.69) is 10.6 Å². The third-order valence-corrected chi connectivity index (χ3v) is 6.19. The van der Waals surface area contributed by atoms with Gasteiger partial charge in [0, 0.05) is 38.3 Å². The van der Waals surface area contributed by atoms with Gasteiger partial charge in [0.2, 0.25) is 15.9 Å². The lowest BCUT2D eigenvalue weighted by atomic mass is 10.2. The van der Waals surface area contributed by atoms with Crippen molar-refractivity contribution in [2.24, 2.45) is 0 Å². The molecule has 0 aliphatic carbocycles. The van der Waals surface area contributed by atoms with Crippen molar-refractivity contribution in [3.05, 3.63) is 29.8 Å². The molecule has 0 aromatic heterocycles. The van der Waals surface area contributed by atoms with E-state index in [0.29, 0.717) is 18.7 Å². The maximum absolute atomic E-state index is 12.7. The number of hydrogen-bond donors (Lipinski definition) is 2. The predicted molar refractivity (Wildman–Crippen MR) is 91.6 cm³/mol. The molecule has 2 aliphatic heterocycles. The van der Waals surface area contributed by atoms with Crippen molar-refractivity contribution in [3.8, 4) is 0 Å². The Kier molecular flexibility index (Phi) is 5.36. The van der Waals surface area contributed by atoms with Crippen LogP contribution in [-0.4, -0.2) is 75.3 Å². The van der Waals surface area contributed by atoms with E-state index in [1.165, 1.54) is 12.1 Å². The first-order chi connectivity index (χ1) is 12.0. The van der Waals surface area contributed by atoms with E-state index in [-0.39, 0.29) is 36.3 Å². The first kappa shape index (κ1) is 17.8. The van der Waals surface area contributed by atoms with Crippen LogP contribution in [0.3, 0.4) is 0 Å². The molecule has 2 amide bonds. The maximum atomic E-state index is 12.7. The van der Waals surface area contributed by atoms with E-state index in [0.717, 1.165) is 23.8 Å². The molecule has 0 saturated carbocycles. The number of carbonyl (C=O) groups excluding carboxylic acids is 2. The van der Waals surface area contributed by atoms with Crippen molar-refractivity contribution in [2.75, 3.05) is 45.8 Å². The molecule has 9 heteroatoms. The van der Waals surface area contributed by atoms with Crippen LogP contribution in [0.5, 0.6) is 0 Å². The summed E-state index contributed by atoms with van der Waals surface area (Å²) in [4.78, 5) is 25.9. The van der Waals surface area contributed by atoms with E-state index < -0.39 is 10.0 Å². The monoisotopic (exact) mass is 366 g/mol. The van der Waals surface area contributed by atoms with Gasteiger partial charge >= 0.3 is 0 Å². The summed E-state index contributed by atoms with van der Waals surface area (Å²) in [6.45, 7) is 3.17. The molecule has 0 unspecified atom stereocenters. The molecule has 2 N–H and O–H groups in total. The van der Waals surface area contributed by atoms with Crippen molar-refractivity contribution in [1.82, 2.24) is 19.8 Å². The zero-order chi connectivity index (χ0) is 17.9. The number of nitrogens with one attached hydrogen (secondary N) is 2. The number of sulfonamides is 1. The highest BCUT2D eigenvalue weighted by molar-refractivity contribution is 7.89. The average molecular weight is 366 g/mol. The molecule has 2 saturated heterocycles. The molecule has 2 aliphatic rings. The largest absolute Gasteiger partial charge is 0.354 e. The Hall–Kier alpha value is -1.97. The van der Waals surface area contributed by atoms with Crippen molar-refractivity contribution in [3.63, 3.8) is 0 Å². The first-order valence-corrected chi connectivity index (χ1v) is 9.79. The summed E-state index contributed by atoms with van der Waals surface area (Å²) >= 11 is 0. The normalized spacial score (nSPS) is 20.0. The Labute approximate surface area is 147 Å². The van der Waals surface area contributed by atoms with Gasteiger partial charge in [-0.1, -0.05) is 6.07 Å². The molecule has 3 rings (SSSR count). The summed E-state index contributed by atoms with van der Waals surface area (Å²) in [5.74, 6) is -0.490. The zero-order valence-corrected chi connectivity index (χ0v) is 14.7. The van der Waals surface area contributed by atoms with E-state index in [4.69, 9.17) is 0 Å². The van der Waals surface area contributed by atoms with E-state index in [1.807, 2.05) is 0 Å². The highest BCUT2D eigenvalue weighted by atomic mass is 32.2. The molecule has 0 radical (unpaired) electrons. The van der Waals surface area contributed by atoms with Gasteiger partial charge in [-0.15, -0.1) is 0 Å². The fourth-order valence-electron chi connectivity index (χ4n) is 2.99. The maximum Gasteiger partial charge on any atom is 0.253 e. The van der Waals surface area contributed by atoms with Gasteiger partial charge in [0.15, 0.2) is 0 Å². The summed E-state index contributed by atoms with van der Waals surface area (Å²) in [5.41, 5.74) is 0.351. The van der Waals surface area contributed by atoms with Crippen LogP contribution in [0, 0.1) is 0 Å². The summed E-state index contributed by atoms with van der Waals surface area (Å²) in [6, 6.07) is 6.06. The van der Waals surface area contributed by atoms with Crippen LogP contribution in [-0.2, 0) is 14.8 Å². The number of hydrogen-bond acceptors (Lipinski definition) is 5. The number of nitrogens with zero attached hydrogens (tertiary/aromatic N) is 2. The molecule has 25 heavy (non-hydrogen) atoms. The molecule has 136 valence electrons. The molecule has 8 nitrogen and oxygen atoms in total. The smallest absolute Gasteiger partial charge is 0.253 e. The predicted octanol–water partition coefficient (Wildman–Crippen LogP) is -0.757. The van der Waals surface area contributed by atoms with Crippen LogP contribution < -0.4 is 10.6 Å². The highest BCUT2D eigenvalue weighted by Gasteiger charge is 2.30. The molecular formula is C16H22N4O4S. The number of carbonyl (C=O) groups is 2. The second-order valence-electron chi connectivity index (χ2n) is 6.11. The Morgan fingerprint density at radius 3 is 2.72 bits per heavy atom. The van der Waals surface area contributed by atoms with Crippen molar-refractivity contribution in [2.45, 2.75) is 11.3 Å². The topological polar surface area (TPSA) is 98.8 Å². The third kappa shape index (κ3) is 4.00. The minimum absolute atomic E-state index is 0.0426. The van der Waals surface area contributed by atoms with Gasteiger partial charge in [0.1, 0.15) is 0 Å². The Balaban J connectivity index is 1.83. The Morgan fingerprint density at radius 1 is 1.08 bits per heavy atom. The molecular weight excluding hydrogens is 344 g/mol. The molecule has 1 aromatic carbocycles. The van der Waals surface area contributed by atoms with Gasteiger partial charge in [-0.05, 0) is 31.2 Å². The van der Waals surface area contributed by atoms with Crippen LogP contribution >= 0.6 is 0 Å². The van der Waals surface area contributed by atoms with Crippen LogP contribution in [0.15, 0.2) is 29.2 Å². The highest BCUT2D eigenvalue weighted by Crippen LogP contribution is 2.19. The van der Waals surface area contributed by atoms with Gasteiger partial charge in [-0.2, -0.15) is 4.31 Å². The van der Waals surface area contributed by atoms with Gasteiger partial charge in [-0.3, -0.25) is 9.59 Å². The van der Waals surface area contributed by atoms with Gasteiger partial charge in [0.05, 0.1) is 11.4 Å². The Bertz CT molecular complexity index is 757. The van der Waals surface area contributed by atoms with Crippen LogP contribution in [0.25, 0.3) is 0 Å². The van der Waals surface area contributed by atoms with E-state index in [1.54, 1.807) is 17.0 Å². The second-order valence-corrected chi connectivity index (χ2v) is 8.05. The lowest BCUT2D eigenvalue weighted by molar-refractivity contribution is -0.122. The minimum atomic E-state index is -3.80. The van der Waals surface area contributed by atoms with Crippen LogP contribution in [0.4, 0.5) is 0 Å². The van der Waals surface area contributed by atoms with Crippen molar-refractivity contribution < 1.29 is 18.0 Å². The summed E-state index contributed by atoms with van der Waals surface area (Å²) in [5, 5.41) is 5.83. The molecule has 0 spiro atoms. The first-order valence-electron chi connectivity index (χ1n) is 8.35. The fraction of sp³-hybridized carbons (Fsp3) is 0.500. The van der Waals surface area contributed by atoms with Crippen molar-refractivity contribution >= 4 is 21.8 Å². The fourth-order valence-corrected chi connectivity index (χ4v) is 4.43.